The molecule has 0 amide bonds. The fraction of sp³-hybridized carbons (Fsp3) is 0.0556. The number of rotatable bonds is 1. The molecule has 2 aliphatic rings. The van der Waals surface area contributed by atoms with Crippen LogP contribution in [0.3, 0.4) is 0 Å². The van der Waals surface area contributed by atoms with Gasteiger partial charge in [0.2, 0.25) is 0 Å². The zero-order valence-corrected chi connectivity index (χ0v) is 11.0. The summed E-state index contributed by atoms with van der Waals surface area (Å²) < 4.78 is 0. The molecule has 20 heavy (non-hydrogen) atoms. The molecule has 0 N–H and O–H groups in total. The Morgan fingerprint density at radius 1 is 0.950 bits per heavy atom. The SMILES string of the molecule is C1=CC2=CC=CN(c3ccc4ccccc4n3)C2C=C1. The maximum absolute atomic E-state index is 4.78. The molecule has 0 saturated heterocycles. The number of hydrogen-bond acceptors (Lipinski definition) is 2. The lowest BCUT2D eigenvalue weighted by Gasteiger charge is -2.32. The van der Waals surface area contributed by atoms with E-state index in [2.05, 4.69) is 71.8 Å². The van der Waals surface area contributed by atoms with Gasteiger partial charge in [-0.05, 0) is 29.8 Å². The highest BCUT2D eigenvalue weighted by Crippen LogP contribution is 2.27. The molecular weight excluding hydrogens is 244 g/mol. The molecule has 1 unspecified atom stereocenters. The van der Waals surface area contributed by atoms with E-state index >= 15 is 0 Å². The quantitative estimate of drug-likeness (QED) is 0.769. The Morgan fingerprint density at radius 2 is 1.90 bits per heavy atom. The molecule has 2 heterocycles. The van der Waals surface area contributed by atoms with Crippen molar-refractivity contribution < 1.29 is 0 Å². The highest BCUT2D eigenvalue weighted by molar-refractivity contribution is 5.80. The third kappa shape index (κ3) is 1.77. The second-order valence-corrected chi connectivity index (χ2v) is 4.97. The Bertz CT molecular complexity index is 781. The highest BCUT2D eigenvalue weighted by Gasteiger charge is 2.21. The van der Waals surface area contributed by atoms with Crippen LogP contribution in [0.4, 0.5) is 5.82 Å². The molecule has 1 aliphatic heterocycles. The topological polar surface area (TPSA) is 16.1 Å². The van der Waals surface area contributed by atoms with E-state index in [1.54, 1.807) is 0 Å². The van der Waals surface area contributed by atoms with E-state index in [-0.39, 0.29) is 6.04 Å². The minimum atomic E-state index is 0.249. The molecule has 0 bridgehead atoms. The van der Waals surface area contributed by atoms with E-state index in [1.165, 1.54) is 11.0 Å². The molecule has 2 heteroatoms. The molecule has 0 radical (unpaired) electrons. The second kappa shape index (κ2) is 4.49. The number of para-hydroxylation sites is 1. The summed E-state index contributed by atoms with van der Waals surface area (Å²) in [6.45, 7) is 0. The number of fused-ring (bicyclic) bond motifs is 2. The summed E-state index contributed by atoms with van der Waals surface area (Å²) in [6, 6.07) is 12.7. The van der Waals surface area contributed by atoms with Crippen molar-refractivity contribution >= 4 is 16.7 Å². The summed E-state index contributed by atoms with van der Waals surface area (Å²) in [5.74, 6) is 0.982. The largest absolute Gasteiger partial charge is 0.322 e. The first-order valence-electron chi connectivity index (χ1n) is 6.79. The van der Waals surface area contributed by atoms with Gasteiger partial charge in [-0.1, -0.05) is 48.6 Å². The van der Waals surface area contributed by atoms with Crippen LogP contribution in [0.25, 0.3) is 10.9 Å². The molecular formula is C18H14N2. The van der Waals surface area contributed by atoms with Crippen LogP contribution in [-0.4, -0.2) is 11.0 Å². The van der Waals surface area contributed by atoms with Crippen molar-refractivity contribution in [2.75, 3.05) is 4.90 Å². The predicted molar refractivity (Wildman–Crippen MR) is 83.5 cm³/mol. The Balaban J connectivity index is 1.79. The van der Waals surface area contributed by atoms with Crippen LogP contribution in [0.1, 0.15) is 0 Å². The minimum absolute atomic E-state index is 0.249. The molecule has 96 valence electrons. The van der Waals surface area contributed by atoms with E-state index in [1.807, 2.05) is 12.1 Å². The van der Waals surface area contributed by atoms with E-state index in [0.717, 1.165) is 11.3 Å². The van der Waals surface area contributed by atoms with Gasteiger partial charge in [-0.25, -0.2) is 4.98 Å². The average Bonchev–Trinajstić information content (AvgIpc) is 2.54. The van der Waals surface area contributed by atoms with Gasteiger partial charge >= 0.3 is 0 Å². The van der Waals surface area contributed by atoms with Gasteiger partial charge in [0.1, 0.15) is 5.82 Å². The third-order valence-corrected chi connectivity index (χ3v) is 3.72. The predicted octanol–water partition coefficient (Wildman–Crippen LogP) is 3.99. The number of benzene rings is 1. The first kappa shape index (κ1) is 11.2. The lowest BCUT2D eigenvalue weighted by atomic mass is 9.98. The van der Waals surface area contributed by atoms with Crippen LogP contribution in [0.5, 0.6) is 0 Å². The van der Waals surface area contributed by atoms with Gasteiger partial charge in [0.15, 0.2) is 0 Å². The van der Waals surface area contributed by atoms with Crippen molar-refractivity contribution in [1.82, 2.24) is 4.98 Å². The summed E-state index contributed by atoms with van der Waals surface area (Å²) in [5, 5.41) is 1.17. The number of nitrogens with zero attached hydrogens (tertiary/aromatic N) is 2. The molecule has 1 aliphatic carbocycles. The van der Waals surface area contributed by atoms with E-state index < -0.39 is 0 Å². The van der Waals surface area contributed by atoms with E-state index in [9.17, 15) is 0 Å². The highest BCUT2D eigenvalue weighted by atomic mass is 15.2. The summed E-state index contributed by atoms with van der Waals surface area (Å²) in [6.07, 6.45) is 14.8. The van der Waals surface area contributed by atoms with Crippen molar-refractivity contribution in [1.29, 1.82) is 0 Å². The zero-order valence-electron chi connectivity index (χ0n) is 11.0. The first-order valence-corrected chi connectivity index (χ1v) is 6.79. The number of anilines is 1. The van der Waals surface area contributed by atoms with Gasteiger partial charge in [0, 0.05) is 11.6 Å². The Labute approximate surface area is 118 Å². The average molecular weight is 258 g/mol. The number of pyridine rings is 1. The van der Waals surface area contributed by atoms with E-state index in [4.69, 9.17) is 4.98 Å². The molecule has 1 aromatic heterocycles. The molecule has 2 aromatic rings. The number of aromatic nitrogens is 1. The monoisotopic (exact) mass is 258 g/mol. The van der Waals surface area contributed by atoms with Crippen LogP contribution >= 0.6 is 0 Å². The van der Waals surface area contributed by atoms with Crippen molar-refractivity contribution in [3.05, 3.63) is 84.6 Å². The molecule has 0 fully saturated rings. The fourth-order valence-corrected chi connectivity index (χ4v) is 2.71. The minimum Gasteiger partial charge on any atom is -0.322 e. The van der Waals surface area contributed by atoms with Crippen molar-refractivity contribution in [3.8, 4) is 0 Å². The Morgan fingerprint density at radius 3 is 2.90 bits per heavy atom. The molecule has 4 rings (SSSR count). The van der Waals surface area contributed by atoms with Gasteiger partial charge in [0.05, 0.1) is 11.6 Å². The second-order valence-electron chi connectivity index (χ2n) is 4.97. The van der Waals surface area contributed by atoms with Gasteiger partial charge in [-0.15, -0.1) is 0 Å². The maximum atomic E-state index is 4.78. The summed E-state index contributed by atoms with van der Waals surface area (Å²) >= 11 is 0. The summed E-state index contributed by atoms with van der Waals surface area (Å²) in [5.41, 5.74) is 2.33. The van der Waals surface area contributed by atoms with Gasteiger partial charge < -0.3 is 4.90 Å². The molecule has 2 nitrogen and oxygen atoms in total. The molecule has 0 saturated carbocycles. The van der Waals surface area contributed by atoms with E-state index in [0.29, 0.717) is 0 Å². The van der Waals surface area contributed by atoms with Crippen LogP contribution in [0.2, 0.25) is 0 Å². The third-order valence-electron chi connectivity index (χ3n) is 3.72. The maximum Gasteiger partial charge on any atom is 0.134 e. The first-order chi connectivity index (χ1) is 9.92. The normalized spacial score (nSPS) is 20.1. The number of allylic oxidation sites excluding steroid dienone is 4. The van der Waals surface area contributed by atoms with Crippen LogP contribution in [0.15, 0.2) is 84.6 Å². The summed E-state index contributed by atoms with van der Waals surface area (Å²) in [4.78, 5) is 6.99. The standard InChI is InChI=1S/C18H14N2/c1-3-9-16-14(6-1)11-12-18(19-16)20-13-5-8-15-7-2-4-10-17(15)20/h1-13,17H. The fourth-order valence-electron chi connectivity index (χ4n) is 2.71. The van der Waals surface area contributed by atoms with Gasteiger partial charge in [-0.3, -0.25) is 0 Å². The smallest absolute Gasteiger partial charge is 0.134 e. The Hall–Kier alpha value is -2.61. The lowest BCUT2D eigenvalue weighted by molar-refractivity contribution is 0.868. The van der Waals surface area contributed by atoms with Crippen LogP contribution in [0, 0.1) is 0 Å². The van der Waals surface area contributed by atoms with Crippen molar-refractivity contribution in [3.63, 3.8) is 0 Å². The van der Waals surface area contributed by atoms with Gasteiger partial charge in [-0.2, -0.15) is 0 Å². The molecule has 0 spiro atoms. The van der Waals surface area contributed by atoms with Gasteiger partial charge in [0.25, 0.3) is 0 Å². The van der Waals surface area contributed by atoms with Crippen molar-refractivity contribution in [2.24, 2.45) is 0 Å². The summed E-state index contributed by atoms with van der Waals surface area (Å²) in [7, 11) is 0. The molecule has 1 aromatic carbocycles. The molecule has 1 atom stereocenters. The zero-order chi connectivity index (χ0) is 13.4. The van der Waals surface area contributed by atoms with Crippen molar-refractivity contribution in [2.45, 2.75) is 6.04 Å². The van der Waals surface area contributed by atoms with Crippen LogP contribution < -0.4 is 4.90 Å². The number of hydrogen-bond donors (Lipinski definition) is 0. The lowest BCUT2D eigenvalue weighted by Crippen LogP contribution is -2.33. The van der Waals surface area contributed by atoms with Crippen LogP contribution in [-0.2, 0) is 0 Å². The Kier molecular flexibility index (Phi) is 2.52.